The molecular weight excluding hydrogens is 180 g/mol. The van der Waals surface area contributed by atoms with Gasteiger partial charge in [-0.25, -0.2) is 0 Å². The summed E-state index contributed by atoms with van der Waals surface area (Å²) in [6.45, 7) is 2.37. The van der Waals surface area contributed by atoms with Crippen LogP contribution in [0.1, 0.15) is 17.4 Å². The zero-order valence-electron chi connectivity index (χ0n) is 7.94. The summed E-state index contributed by atoms with van der Waals surface area (Å²) in [5.41, 5.74) is 1.70. The first-order valence-electron chi connectivity index (χ1n) is 4.79. The SMILES string of the molecule is OCc1ncccc1C1CNCCO1. The van der Waals surface area contributed by atoms with Crippen LogP contribution in [0.15, 0.2) is 18.3 Å². The fraction of sp³-hybridized carbons (Fsp3) is 0.500. The van der Waals surface area contributed by atoms with Gasteiger partial charge < -0.3 is 15.2 Å². The zero-order valence-corrected chi connectivity index (χ0v) is 7.94. The van der Waals surface area contributed by atoms with Gasteiger partial charge in [-0.15, -0.1) is 0 Å². The van der Waals surface area contributed by atoms with E-state index < -0.39 is 0 Å². The molecule has 0 amide bonds. The Hall–Kier alpha value is -0.970. The lowest BCUT2D eigenvalue weighted by Crippen LogP contribution is -2.33. The average molecular weight is 194 g/mol. The summed E-state index contributed by atoms with van der Waals surface area (Å²) in [5, 5.41) is 12.4. The van der Waals surface area contributed by atoms with Crippen LogP contribution in [0.25, 0.3) is 0 Å². The minimum Gasteiger partial charge on any atom is -0.390 e. The summed E-state index contributed by atoms with van der Waals surface area (Å²) in [4.78, 5) is 4.11. The third kappa shape index (κ3) is 1.92. The van der Waals surface area contributed by atoms with E-state index >= 15 is 0 Å². The van der Waals surface area contributed by atoms with Crippen LogP contribution in [-0.2, 0) is 11.3 Å². The van der Waals surface area contributed by atoms with Gasteiger partial charge in [0.15, 0.2) is 0 Å². The number of nitrogens with zero attached hydrogens (tertiary/aromatic N) is 1. The molecule has 4 heteroatoms. The minimum atomic E-state index is -0.0317. The van der Waals surface area contributed by atoms with E-state index in [1.165, 1.54) is 0 Å². The van der Waals surface area contributed by atoms with Crippen LogP contribution in [0, 0.1) is 0 Å². The molecule has 2 rings (SSSR count). The topological polar surface area (TPSA) is 54.4 Å². The fourth-order valence-electron chi connectivity index (χ4n) is 1.64. The molecule has 0 radical (unpaired) electrons. The molecule has 14 heavy (non-hydrogen) atoms. The molecule has 2 heterocycles. The average Bonchev–Trinajstić information content (AvgIpc) is 2.30. The van der Waals surface area contributed by atoms with Gasteiger partial charge in [0.05, 0.1) is 25.0 Å². The van der Waals surface area contributed by atoms with Gasteiger partial charge >= 0.3 is 0 Å². The minimum absolute atomic E-state index is 0.0274. The number of hydrogen-bond acceptors (Lipinski definition) is 4. The van der Waals surface area contributed by atoms with Crippen molar-refractivity contribution in [3.05, 3.63) is 29.6 Å². The molecule has 1 saturated heterocycles. The smallest absolute Gasteiger partial charge is 0.0968 e. The predicted molar refractivity (Wildman–Crippen MR) is 51.7 cm³/mol. The summed E-state index contributed by atoms with van der Waals surface area (Å²) >= 11 is 0. The van der Waals surface area contributed by atoms with Crippen molar-refractivity contribution >= 4 is 0 Å². The molecule has 0 spiro atoms. The van der Waals surface area contributed by atoms with Crippen LogP contribution >= 0.6 is 0 Å². The normalized spacial score (nSPS) is 22.2. The highest BCUT2D eigenvalue weighted by Crippen LogP contribution is 2.20. The third-order valence-electron chi connectivity index (χ3n) is 2.35. The van der Waals surface area contributed by atoms with Crippen molar-refractivity contribution in [3.8, 4) is 0 Å². The Labute approximate surface area is 82.9 Å². The Morgan fingerprint density at radius 1 is 1.64 bits per heavy atom. The maximum Gasteiger partial charge on any atom is 0.0968 e. The van der Waals surface area contributed by atoms with Crippen molar-refractivity contribution in [3.63, 3.8) is 0 Å². The van der Waals surface area contributed by atoms with E-state index in [4.69, 9.17) is 9.84 Å². The summed E-state index contributed by atoms with van der Waals surface area (Å²) in [6.07, 6.45) is 1.71. The molecule has 1 unspecified atom stereocenters. The Morgan fingerprint density at radius 3 is 3.29 bits per heavy atom. The second-order valence-corrected chi connectivity index (χ2v) is 3.26. The second kappa shape index (κ2) is 4.50. The van der Waals surface area contributed by atoms with E-state index in [0.29, 0.717) is 12.3 Å². The molecule has 1 fully saturated rings. The van der Waals surface area contributed by atoms with Crippen LogP contribution in [0.5, 0.6) is 0 Å². The number of aliphatic hydroxyl groups is 1. The quantitative estimate of drug-likeness (QED) is 0.708. The Kier molecular flexibility index (Phi) is 3.08. The van der Waals surface area contributed by atoms with Crippen molar-refractivity contribution < 1.29 is 9.84 Å². The maximum atomic E-state index is 9.11. The van der Waals surface area contributed by atoms with Gasteiger partial charge in [0.2, 0.25) is 0 Å². The lowest BCUT2D eigenvalue weighted by molar-refractivity contribution is 0.0261. The monoisotopic (exact) mass is 194 g/mol. The molecule has 4 nitrogen and oxygen atoms in total. The number of hydrogen-bond donors (Lipinski definition) is 2. The van der Waals surface area contributed by atoms with Crippen molar-refractivity contribution in [1.29, 1.82) is 0 Å². The van der Waals surface area contributed by atoms with E-state index in [-0.39, 0.29) is 12.7 Å². The molecule has 2 N–H and O–H groups in total. The molecule has 1 aromatic rings. The number of ether oxygens (including phenoxy) is 1. The first-order chi connectivity index (χ1) is 6.92. The van der Waals surface area contributed by atoms with Gasteiger partial charge in [0.1, 0.15) is 0 Å². The number of morpholine rings is 1. The number of pyridine rings is 1. The van der Waals surface area contributed by atoms with Crippen molar-refractivity contribution in [2.45, 2.75) is 12.7 Å². The lowest BCUT2D eigenvalue weighted by atomic mass is 10.1. The second-order valence-electron chi connectivity index (χ2n) is 3.26. The summed E-state index contributed by atoms with van der Waals surface area (Å²) in [6, 6.07) is 3.82. The van der Waals surface area contributed by atoms with Gasteiger partial charge in [0.25, 0.3) is 0 Å². The number of nitrogens with one attached hydrogen (secondary N) is 1. The number of aliphatic hydroxyl groups excluding tert-OH is 1. The Balaban J connectivity index is 2.20. The van der Waals surface area contributed by atoms with Crippen molar-refractivity contribution in [1.82, 2.24) is 10.3 Å². The van der Waals surface area contributed by atoms with Crippen molar-refractivity contribution in [2.24, 2.45) is 0 Å². The predicted octanol–water partition coefficient (Wildman–Crippen LogP) is 0.235. The summed E-state index contributed by atoms with van der Waals surface area (Å²) in [5.74, 6) is 0. The van der Waals surface area contributed by atoms with Crippen molar-refractivity contribution in [2.75, 3.05) is 19.7 Å². The van der Waals surface area contributed by atoms with Gasteiger partial charge in [-0.1, -0.05) is 6.07 Å². The molecule has 0 aliphatic carbocycles. The highest BCUT2D eigenvalue weighted by Gasteiger charge is 2.18. The molecule has 1 atom stereocenters. The molecule has 0 aromatic carbocycles. The Bertz CT molecular complexity index is 298. The molecule has 76 valence electrons. The Morgan fingerprint density at radius 2 is 2.57 bits per heavy atom. The largest absolute Gasteiger partial charge is 0.390 e. The van der Waals surface area contributed by atoms with E-state index in [2.05, 4.69) is 10.3 Å². The molecule has 0 saturated carbocycles. The summed E-state index contributed by atoms with van der Waals surface area (Å²) < 4.78 is 5.59. The highest BCUT2D eigenvalue weighted by molar-refractivity contribution is 5.22. The van der Waals surface area contributed by atoms with Gasteiger partial charge in [-0.3, -0.25) is 4.98 Å². The van der Waals surface area contributed by atoms with Crippen LogP contribution in [0.4, 0.5) is 0 Å². The van der Waals surface area contributed by atoms with Gasteiger partial charge in [0, 0.05) is 24.8 Å². The fourth-order valence-corrected chi connectivity index (χ4v) is 1.64. The highest BCUT2D eigenvalue weighted by atomic mass is 16.5. The number of rotatable bonds is 2. The van der Waals surface area contributed by atoms with Gasteiger partial charge in [-0.2, -0.15) is 0 Å². The van der Waals surface area contributed by atoms with Crippen LogP contribution in [0.2, 0.25) is 0 Å². The molecular formula is C10H14N2O2. The summed E-state index contributed by atoms with van der Waals surface area (Å²) in [7, 11) is 0. The van der Waals surface area contributed by atoms with E-state index in [1.807, 2.05) is 12.1 Å². The standard InChI is InChI=1S/C10H14N2O2/c13-7-9-8(2-1-3-12-9)10-6-11-4-5-14-10/h1-3,10-11,13H,4-7H2. The van der Waals surface area contributed by atoms with Crippen LogP contribution in [-0.4, -0.2) is 29.8 Å². The molecule has 0 bridgehead atoms. The lowest BCUT2D eigenvalue weighted by Gasteiger charge is -2.24. The van der Waals surface area contributed by atoms with E-state index in [1.54, 1.807) is 6.20 Å². The van der Waals surface area contributed by atoms with Crippen LogP contribution < -0.4 is 5.32 Å². The first-order valence-corrected chi connectivity index (χ1v) is 4.79. The number of aromatic nitrogens is 1. The zero-order chi connectivity index (χ0) is 9.80. The van der Waals surface area contributed by atoms with Crippen LogP contribution in [0.3, 0.4) is 0 Å². The molecule has 1 aliphatic heterocycles. The van der Waals surface area contributed by atoms with E-state index in [9.17, 15) is 0 Å². The van der Waals surface area contributed by atoms with E-state index in [0.717, 1.165) is 18.7 Å². The molecule has 1 aromatic heterocycles. The molecule has 1 aliphatic rings. The van der Waals surface area contributed by atoms with Gasteiger partial charge in [-0.05, 0) is 6.07 Å². The third-order valence-corrected chi connectivity index (χ3v) is 2.35. The maximum absolute atomic E-state index is 9.11. The first kappa shape index (κ1) is 9.58.